The van der Waals surface area contributed by atoms with Crippen LogP contribution in [-0.4, -0.2) is 4.98 Å². The minimum Gasteiger partial charge on any atom is -0.448 e. The van der Waals surface area contributed by atoms with Crippen molar-refractivity contribution in [3.8, 4) is 0 Å². The molecule has 1 fully saturated rings. The molecular formula is C14H11ClF3NO. The van der Waals surface area contributed by atoms with Gasteiger partial charge in [-0.1, -0.05) is 12.1 Å². The van der Waals surface area contributed by atoms with Crippen molar-refractivity contribution in [2.45, 2.75) is 30.3 Å². The van der Waals surface area contributed by atoms with Crippen molar-refractivity contribution < 1.29 is 17.6 Å². The van der Waals surface area contributed by atoms with E-state index in [-0.39, 0.29) is 11.8 Å². The van der Waals surface area contributed by atoms with Gasteiger partial charge in [-0.15, -0.1) is 11.6 Å². The first-order chi connectivity index (χ1) is 9.49. The lowest BCUT2D eigenvalue weighted by molar-refractivity contribution is -0.137. The lowest BCUT2D eigenvalue weighted by Crippen LogP contribution is -2.04. The second kappa shape index (κ2) is 4.81. The molecule has 0 N–H and O–H groups in total. The predicted molar refractivity (Wildman–Crippen MR) is 67.6 cm³/mol. The number of benzene rings is 1. The maximum absolute atomic E-state index is 12.5. The quantitative estimate of drug-likeness (QED) is 0.768. The number of hydrogen-bond donors (Lipinski definition) is 0. The SMILES string of the molecule is FC(F)(F)c1ccc(C2CC2c2nc(CCl)co2)cc1. The Morgan fingerprint density at radius 3 is 2.45 bits per heavy atom. The number of nitrogens with zero attached hydrogens (tertiary/aromatic N) is 1. The second-order valence-corrected chi connectivity index (χ2v) is 5.15. The van der Waals surface area contributed by atoms with Crippen molar-refractivity contribution in [2.75, 3.05) is 0 Å². The molecule has 0 aliphatic heterocycles. The number of halogens is 4. The maximum atomic E-state index is 12.5. The number of alkyl halides is 4. The fourth-order valence-corrected chi connectivity index (χ4v) is 2.43. The van der Waals surface area contributed by atoms with Crippen LogP contribution in [0.2, 0.25) is 0 Å². The molecule has 1 aromatic heterocycles. The van der Waals surface area contributed by atoms with E-state index in [0.717, 1.165) is 24.1 Å². The summed E-state index contributed by atoms with van der Waals surface area (Å²) in [5, 5.41) is 0. The highest BCUT2D eigenvalue weighted by atomic mass is 35.5. The van der Waals surface area contributed by atoms with Gasteiger partial charge < -0.3 is 4.42 Å². The predicted octanol–water partition coefficient (Wildman–Crippen LogP) is 4.70. The summed E-state index contributed by atoms with van der Waals surface area (Å²) in [4.78, 5) is 4.24. The van der Waals surface area contributed by atoms with Gasteiger partial charge in [0.05, 0.1) is 17.1 Å². The van der Waals surface area contributed by atoms with Gasteiger partial charge >= 0.3 is 6.18 Å². The minimum atomic E-state index is -4.29. The molecule has 1 aliphatic carbocycles. The third-order valence-electron chi connectivity index (χ3n) is 3.48. The minimum absolute atomic E-state index is 0.142. The molecule has 0 radical (unpaired) electrons. The topological polar surface area (TPSA) is 26.0 Å². The molecule has 6 heteroatoms. The van der Waals surface area contributed by atoms with E-state index in [9.17, 15) is 13.2 Å². The highest BCUT2D eigenvalue weighted by molar-refractivity contribution is 6.16. The molecule has 2 unspecified atom stereocenters. The highest BCUT2D eigenvalue weighted by Crippen LogP contribution is 2.54. The second-order valence-electron chi connectivity index (χ2n) is 4.88. The maximum Gasteiger partial charge on any atom is 0.416 e. The van der Waals surface area contributed by atoms with E-state index in [1.807, 2.05) is 0 Å². The molecular weight excluding hydrogens is 291 g/mol. The average molecular weight is 302 g/mol. The number of hydrogen-bond acceptors (Lipinski definition) is 2. The van der Waals surface area contributed by atoms with E-state index >= 15 is 0 Å². The summed E-state index contributed by atoms with van der Waals surface area (Å²) in [6.07, 6.45) is -1.93. The van der Waals surface area contributed by atoms with Crippen LogP contribution in [0.15, 0.2) is 34.9 Å². The van der Waals surface area contributed by atoms with Crippen molar-refractivity contribution in [3.05, 3.63) is 53.2 Å². The Balaban J connectivity index is 1.73. The lowest BCUT2D eigenvalue weighted by Gasteiger charge is -2.07. The first-order valence-corrected chi connectivity index (χ1v) is 6.70. The van der Waals surface area contributed by atoms with E-state index < -0.39 is 11.7 Å². The Morgan fingerprint density at radius 1 is 1.20 bits per heavy atom. The van der Waals surface area contributed by atoms with E-state index in [1.165, 1.54) is 18.4 Å². The molecule has 0 bridgehead atoms. The Bertz CT molecular complexity index is 606. The van der Waals surface area contributed by atoms with Gasteiger partial charge in [0, 0.05) is 5.92 Å². The van der Waals surface area contributed by atoms with E-state index in [2.05, 4.69) is 4.98 Å². The first kappa shape index (κ1) is 13.5. The standard InChI is InChI=1S/C14H11ClF3NO/c15-6-10-7-20-13(19-10)12-5-11(12)8-1-3-9(4-2-8)14(16,17)18/h1-4,7,11-12H,5-6H2. The van der Waals surface area contributed by atoms with Crippen LogP contribution in [0, 0.1) is 0 Å². The van der Waals surface area contributed by atoms with Gasteiger partial charge in [0.1, 0.15) is 6.26 Å². The van der Waals surface area contributed by atoms with Crippen molar-refractivity contribution in [1.29, 1.82) is 0 Å². The molecule has 3 rings (SSSR count). The molecule has 1 aromatic carbocycles. The fraction of sp³-hybridized carbons (Fsp3) is 0.357. The molecule has 2 aromatic rings. The van der Waals surface area contributed by atoms with Crippen LogP contribution in [0.3, 0.4) is 0 Å². The van der Waals surface area contributed by atoms with E-state index in [4.69, 9.17) is 16.0 Å². The molecule has 20 heavy (non-hydrogen) atoms. The third kappa shape index (κ3) is 2.54. The summed E-state index contributed by atoms with van der Waals surface area (Å²) < 4.78 is 42.8. The normalized spacial score (nSPS) is 22.0. The summed E-state index contributed by atoms with van der Waals surface area (Å²) in [6, 6.07) is 5.28. The molecule has 2 atom stereocenters. The molecule has 1 heterocycles. The number of aromatic nitrogens is 1. The van der Waals surface area contributed by atoms with E-state index in [0.29, 0.717) is 17.5 Å². The van der Waals surface area contributed by atoms with E-state index in [1.54, 1.807) is 0 Å². The van der Waals surface area contributed by atoms with Crippen LogP contribution < -0.4 is 0 Å². The Kier molecular flexibility index (Phi) is 3.24. The monoisotopic (exact) mass is 301 g/mol. The van der Waals surface area contributed by atoms with Crippen LogP contribution in [0.4, 0.5) is 13.2 Å². The third-order valence-corrected chi connectivity index (χ3v) is 3.75. The molecule has 0 amide bonds. The molecule has 0 saturated heterocycles. The first-order valence-electron chi connectivity index (χ1n) is 6.16. The highest BCUT2D eigenvalue weighted by Gasteiger charge is 2.43. The summed E-state index contributed by atoms with van der Waals surface area (Å²) in [6.45, 7) is 0. The number of oxazole rings is 1. The summed E-state index contributed by atoms with van der Waals surface area (Å²) in [7, 11) is 0. The smallest absolute Gasteiger partial charge is 0.416 e. The zero-order valence-electron chi connectivity index (χ0n) is 10.3. The van der Waals surface area contributed by atoms with Gasteiger partial charge in [0.15, 0.2) is 5.89 Å². The van der Waals surface area contributed by atoms with Gasteiger partial charge in [-0.2, -0.15) is 13.2 Å². The molecule has 1 saturated carbocycles. The Morgan fingerprint density at radius 2 is 1.90 bits per heavy atom. The Labute approximate surface area is 118 Å². The molecule has 2 nitrogen and oxygen atoms in total. The zero-order valence-corrected chi connectivity index (χ0v) is 11.1. The van der Waals surface area contributed by atoms with Crippen molar-refractivity contribution in [3.63, 3.8) is 0 Å². The van der Waals surface area contributed by atoms with Gasteiger partial charge in [-0.05, 0) is 30.0 Å². The van der Waals surface area contributed by atoms with Crippen molar-refractivity contribution in [1.82, 2.24) is 4.98 Å². The summed E-state index contributed by atoms with van der Waals surface area (Å²) in [5.41, 5.74) is 0.937. The zero-order chi connectivity index (χ0) is 14.3. The Hall–Kier alpha value is -1.49. The number of rotatable bonds is 3. The summed E-state index contributed by atoms with van der Waals surface area (Å²) in [5.74, 6) is 1.23. The van der Waals surface area contributed by atoms with Gasteiger partial charge in [-0.3, -0.25) is 0 Å². The van der Waals surface area contributed by atoms with Gasteiger partial charge in [0.2, 0.25) is 0 Å². The lowest BCUT2D eigenvalue weighted by atomic mass is 10.1. The largest absolute Gasteiger partial charge is 0.448 e. The van der Waals surface area contributed by atoms with Gasteiger partial charge in [0.25, 0.3) is 0 Å². The van der Waals surface area contributed by atoms with Crippen LogP contribution in [0.1, 0.15) is 41.0 Å². The molecule has 1 aliphatic rings. The fourth-order valence-electron chi connectivity index (χ4n) is 2.31. The molecule has 0 spiro atoms. The van der Waals surface area contributed by atoms with Crippen molar-refractivity contribution >= 4 is 11.6 Å². The van der Waals surface area contributed by atoms with Crippen LogP contribution in [0.5, 0.6) is 0 Å². The van der Waals surface area contributed by atoms with Crippen LogP contribution >= 0.6 is 11.6 Å². The van der Waals surface area contributed by atoms with Gasteiger partial charge in [-0.25, -0.2) is 4.98 Å². The van der Waals surface area contributed by atoms with Crippen LogP contribution in [0.25, 0.3) is 0 Å². The van der Waals surface area contributed by atoms with Crippen LogP contribution in [-0.2, 0) is 12.1 Å². The summed E-state index contributed by atoms with van der Waals surface area (Å²) >= 11 is 5.65. The van der Waals surface area contributed by atoms with Crippen molar-refractivity contribution in [2.24, 2.45) is 0 Å². The molecule has 106 valence electrons. The average Bonchev–Trinajstić information content (AvgIpc) is 3.08.